The number of rotatable bonds is 5. The molecule has 1 aromatic heterocycles. The van der Waals surface area contributed by atoms with Crippen LogP contribution >= 0.6 is 23.2 Å². The number of Topliss-reactive ketones (excluding diaryl/α,β-unsaturated/α-hetero) is 1. The Bertz CT molecular complexity index is 874. The molecule has 0 spiro atoms. The summed E-state index contributed by atoms with van der Waals surface area (Å²) in [4.78, 5) is 11.7. The van der Waals surface area contributed by atoms with E-state index < -0.39 is 6.10 Å². The summed E-state index contributed by atoms with van der Waals surface area (Å²) in [5.41, 5.74) is 2.09. The number of hydrogen-bond donors (Lipinski definition) is 0. The molecule has 0 radical (unpaired) electrons. The quantitative estimate of drug-likeness (QED) is 0.748. The molecule has 3 aliphatic rings. The second-order valence-corrected chi connectivity index (χ2v) is 7.90. The third-order valence-corrected chi connectivity index (χ3v) is 5.88. The van der Waals surface area contributed by atoms with Crippen molar-refractivity contribution in [2.75, 3.05) is 13.2 Å². The van der Waals surface area contributed by atoms with E-state index in [4.69, 9.17) is 41.9 Å². The SMILES string of the molecule is O=C1CO[C@H]2[C@@H]1OC[C@H]2OCc1c(-c2c(Cl)cccc2Cl)noc1C1CC1. The maximum absolute atomic E-state index is 11.7. The minimum atomic E-state index is -0.516. The van der Waals surface area contributed by atoms with Crippen LogP contribution in [-0.2, 0) is 25.6 Å². The van der Waals surface area contributed by atoms with Crippen molar-refractivity contribution < 1.29 is 23.5 Å². The van der Waals surface area contributed by atoms with Crippen molar-refractivity contribution in [3.63, 3.8) is 0 Å². The Hall–Kier alpha value is -1.44. The van der Waals surface area contributed by atoms with Crippen molar-refractivity contribution in [1.29, 1.82) is 0 Å². The fourth-order valence-corrected chi connectivity index (χ4v) is 4.27. The largest absolute Gasteiger partial charge is 0.368 e. The Morgan fingerprint density at radius 1 is 1.19 bits per heavy atom. The van der Waals surface area contributed by atoms with Gasteiger partial charge < -0.3 is 18.7 Å². The van der Waals surface area contributed by atoms with Gasteiger partial charge in [-0.3, -0.25) is 4.79 Å². The number of carbonyl (C=O) groups is 1. The van der Waals surface area contributed by atoms with E-state index in [-0.39, 0.29) is 31.2 Å². The number of nitrogens with zero attached hydrogens (tertiary/aromatic N) is 1. The van der Waals surface area contributed by atoms with Crippen molar-refractivity contribution in [2.24, 2.45) is 0 Å². The van der Waals surface area contributed by atoms with Crippen molar-refractivity contribution in [3.8, 4) is 11.3 Å². The lowest BCUT2D eigenvalue weighted by Gasteiger charge is -2.16. The van der Waals surface area contributed by atoms with Gasteiger partial charge in [0.15, 0.2) is 5.78 Å². The van der Waals surface area contributed by atoms with E-state index in [2.05, 4.69) is 5.16 Å². The van der Waals surface area contributed by atoms with E-state index in [1.54, 1.807) is 18.2 Å². The van der Waals surface area contributed by atoms with Gasteiger partial charge in [-0.2, -0.15) is 0 Å². The molecule has 0 N–H and O–H groups in total. The van der Waals surface area contributed by atoms with Gasteiger partial charge >= 0.3 is 0 Å². The van der Waals surface area contributed by atoms with Crippen LogP contribution in [0.25, 0.3) is 11.3 Å². The van der Waals surface area contributed by atoms with Crippen molar-refractivity contribution in [1.82, 2.24) is 5.16 Å². The van der Waals surface area contributed by atoms with Gasteiger partial charge in [-0.05, 0) is 25.0 Å². The Morgan fingerprint density at radius 3 is 2.70 bits per heavy atom. The fraction of sp³-hybridized carbons (Fsp3) is 0.474. The molecule has 3 fully saturated rings. The molecule has 27 heavy (non-hydrogen) atoms. The van der Waals surface area contributed by atoms with Crippen LogP contribution in [0.5, 0.6) is 0 Å². The maximum Gasteiger partial charge on any atom is 0.189 e. The summed E-state index contributed by atoms with van der Waals surface area (Å²) in [7, 11) is 0. The Morgan fingerprint density at radius 2 is 1.96 bits per heavy atom. The Kier molecular flexibility index (Phi) is 4.49. The van der Waals surface area contributed by atoms with Gasteiger partial charge in [-0.1, -0.05) is 34.4 Å². The number of aromatic nitrogens is 1. The Balaban J connectivity index is 1.43. The molecule has 1 saturated carbocycles. The maximum atomic E-state index is 11.7. The number of ether oxygens (including phenoxy) is 3. The molecule has 8 heteroatoms. The second-order valence-electron chi connectivity index (χ2n) is 7.09. The van der Waals surface area contributed by atoms with Gasteiger partial charge in [0, 0.05) is 17.0 Å². The molecule has 1 aromatic carbocycles. The molecule has 0 bridgehead atoms. The van der Waals surface area contributed by atoms with Gasteiger partial charge in [-0.25, -0.2) is 0 Å². The first-order chi connectivity index (χ1) is 13.1. The molecular formula is C19H17Cl2NO5. The minimum Gasteiger partial charge on any atom is -0.368 e. The third-order valence-electron chi connectivity index (χ3n) is 5.25. The summed E-state index contributed by atoms with van der Waals surface area (Å²) < 4.78 is 22.8. The number of fused-ring (bicyclic) bond motifs is 1. The molecule has 3 atom stereocenters. The average molecular weight is 410 g/mol. The molecule has 0 amide bonds. The summed E-state index contributed by atoms with van der Waals surface area (Å²) in [5.74, 6) is 1.14. The molecule has 142 valence electrons. The summed E-state index contributed by atoms with van der Waals surface area (Å²) in [6, 6.07) is 5.33. The molecule has 2 aliphatic heterocycles. The van der Waals surface area contributed by atoms with Crippen LogP contribution in [-0.4, -0.2) is 42.5 Å². The number of halogens is 2. The zero-order valence-electron chi connectivity index (χ0n) is 14.3. The number of benzene rings is 1. The smallest absolute Gasteiger partial charge is 0.189 e. The van der Waals surface area contributed by atoms with E-state index in [0.29, 0.717) is 33.8 Å². The first-order valence-corrected chi connectivity index (χ1v) is 9.69. The number of ketones is 1. The van der Waals surface area contributed by atoms with Crippen LogP contribution in [0.1, 0.15) is 30.1 Å². The van der Waals surface area contributed by atoms with Crippen molar-refractivity contribution in [3.05, 3.63) is 39.6 Å². The predicted octanol–water partition coefficient (Wildman–Crippen LogP) is 3.78. The lowest BCUT2D eigenvalue weighted by atomic mass is 10.0. The standard InChI is InChI=1S/C19H17Cl2NO5/c20-11-2-1-3-12(21)15(11)16-10(17(27-22-16)9-4-5-9)6-24-14-8-26-18-13(23)7-25-19(14)18/h1-3,9,14,18-19H,4-8H2/t14-,18-,19-/m1/s1. The molecule has 2 aromatic rings. The highest BCUT2D eigenvalue weighted by Crippen LogP contribution is 2.46. The van der Waals surface area contributed by atoms with Crippen LogP contribution in [0.4, 0.5) is 0 Å². The van der Waals surface area contributed by atoms with Crippen LogP contribution in [0.3, 0.4) is 0 Å². The Labute approximate surface area is 165 Å². The zero-order chi connectivity index (χ0) is 18.5. The molecule has 3 heterocycles. The summed E-state index contributed by atoms with van der Waals surface area (Å²) in [6.45, 7) is 0.671. The highest BCUT2D eigenvalue weighted by atomic mass is 35.5. The van der Waals surface area contributed by atoms with Crippen molar-refractivity contribution >= 4 is 29.0 Å². The monoisotopic (exact) mass is 409 g/mol. The molecule has 0 unspecified atom stereocenters. The fourth-order valence-electron chi connectivity index (χ4n) is 3.70. The van der Waals surface area contributed by atoms with Crippen molar-refractivity contribution in [2.45, 2.75) is 43.7 Å². The van der Waals surface area contributed by atoms with E-state index in [1.165, 1.54) is 0 Å². The number of hydrogen-bond acceptors (Lipinski definition) is 6. The normalized spacial score (nSPS) is 27.3. The summed E-state index contributed by atoms with van der Waals surface area (Å²) >= 11 is 12.7. The summed E-state index contributed by atoms with van der Waals surface area (Å²) in [5, 5.41) is 5.27. The molecular weight excluding hydrogens is 393 g/mol. The van der Waals surface area contributed by atoms with Gasteiger partial charge in [0.25, 0.3) is 0 Å². The van der Waals surface area contributed by atoms with Crippen LogP contribution in [0.2, 0.25) is 10.0 Å². The first kappa shape index (κ1) is 17.6. The third kappa shape index (κ3) is 3.09. The van der Waals surface area contributed by atoms with Gasteiger partial charge in [0.1, 0.15) is 36.4 Å². The molecule has 2 saturated heterocycles. The minimum absolute atomic E-state index is 0.0294. The van der Waals surface area contributed by atoms with E-state index >= 15 is 0 Å². The highest BCUT2D eigenvalue weighted by Gasteiger charge is 2.48. The van der Waals surface area contributed by atoms with E-state index in [1.807, 2.05) is 0 Å². The lowest BCUT2D eigenvalue weighted by molar-refractivity contribution is -0.125. The second kappa shape index (κ2) is 6.87. The first-order valence-electron chi connectivity index (χ1n) is 8.94. The van der Waals surface area contributed by atoms with Gasteiger partial charge in [-0.15, -0.1) is 0 Å². The predicted molar refractivity (Wildman–Crippen MR) is 97.0 cm³/mol. The zero-order valence-corrected chi connectivity index (χ0v) is 15.8. The summed E-state index contributed by atoms with van der Waals surface area (Å²) in [6.07, 6.45) is 0.948. The van der Waals surface area contributed by atoms with E-state index in [0.717, 1.165) is 24.2 Å². The van der Waals surface area contributed by atoms with E-state index in [9.17, 15) is 4.79 Å². The molecule has 1 aliphatic carbocycles. The van der Waals surface area contributed by atoms with Gasteiger partial charge in [0.05, 0.1) is 23.3 Å². The lowest BCUT2D eigenvalue weighted by Crippen LogP contribution is -2.31. The number of carbonyl (C=O) groups excluding carboxylic acids is 1. The molecule has 6 nitrogen and oxygen atoms in total. The molecule has 5 rings (SSSR count). The topological polar surface area (TPSA) is 70.8 Å². The van der Waals surface area contributed by atoms with Crippen LogP contribution in [0, 0.1) is 0 Å². The van der Waals surface area contributed by atoms with Crippen LogP contribution < -0.4 is 0 Å². The average Bonchev–Trinajstić information content (AvgIpc) is 3.12. The highest BCUT2D eigenvalue weighted by molar-refractivity contribution is 6.39. The van der Waals surface area contributed by atoms with Gasteiger partial charge in [0.2, 0.25) is 0 Å². The van der Waals surface area contributed by atoms with Crippen LogP contribution in [0.15, 0.2) is 22.7 Å².